The van der Waals surface area contributed by atoms with Crippen molar-refractivity contribution in [3.63, 3.8) is 0 Å². The maximum absolute atomic E-state index is 11.1. The maximum atomic E-state index is 11.1. The molecule has 0 atom stereocenters. The number of nitrogens with one attached hydrogen (secondary N) is 1. The molecule has 0 saturated carbocycles. The van der Waals surface area contributed by atoms with E-state index >= 15 is 0 Å². The average molecular weight is 202 g/mol. The highest BCUT2D eigenvalue weighted by Gasteiger charge is 2.15. The molecule has 0 unspecified atom stereocenters. The zero-order valence-corrected chi connectivity index (χ0v) is 8.92. The number of rotatable bonds is 5. The fourth-order valence-electron chi connectivity index (χ4n) is 0.780. The van der Waals surface area contributed by atoms with Gasteiger partial charge in [0.25, 0.3) is 0 Å². The van der Waals surface area contributed by atoms with E-state index in [0.29, 0.717) is 6.54 Å². The molecule has 0 fully saturated rings. The summed E-state index contributed by atoms with van der Waals surface area (Å²) in [6.07, 6.45) is 0.225. The highest BCUT2D eigenvalue weighted by Crippen LogP contribution is 2.05. The zero-order chi connectivity index (χ0) is 11.2. The van der Waals surface area contributed by atoms with E-state index in [4.69, 9.17) is 10.5 Å². The Hall–Kier alpha value is -1.10. The molecule has 0 aromatic carbocycles. The fourth-order valence-corrected chi connectivity index (χ4v) is 0.780. The van der Waals surface area contributed by atoms with Crippen molar-refractivity contribution in [2.45, 2.75) is 32.8 Å². The Morgan fingerprint density at radius 3 is 2.36 bits per heavy atom. The summed E-state index contributed by atoms with van der Waals surface area (Å²) < 4.78 is 5.03. The Bertz CT molecular complexity index is 209. The third-order valence-corrected chi connectivity index (χ3v) is 1.24. The minimum Gasteiger partial charge on any atom is -0.459 e. The van der Waals surface area contributed by atoms with Crippen LogP contribution >= 0.6 is 0 Å². The van der Waals surface area contributed by atoms with Gasteiger partial charge in [-0.1, -0.05) is 0 Å². The van der Waals surface area contributed by atoms with Gasteiger partial charge in [-0.25, -0.2) is 0 Å². The molecular formula is C9H18N2O3. The monoisotopic (exact) mass is 202 g/mol. The van der Waals surface area contributed by atoms with Gasteiger partial charge in [0.05, 0.1) is 6.54 Å². The van der Waals surface area contributed by atoms with Crippen LogP contribution in [-0.4, -0.2) is 30.6 Å². The van der Waals surface area contributed by atoms with Crippen molar-refractivity contribution in [1.82, 2.24) is 5.32 Å². The second kappa shape index (κ2) is 5.59. The summed E-state index contributed by atoms with van der Waals surface area (Å²) in [5.74, 6) is -0.719. The summed E-state index contributed by atoms with van der Waals surface area (Å²) in [6.45, 7) is 5.90. The van der Waals surface area contributed by atoms with Crippen molar-refractivity contribution >= 4 is 11.9 Å². The van der Waals surface area contributed by atoms with Crippen LogP contribution in [0.5, 0.6) is 0 Å². The molecule has 0 bridgehead atoms. The standard InChI is InChI=1S/C9H18N2O3/c1-9(2,3)14-8(13)6-11-5-4-7(10)12/h11H,4-6H2,1-3H3,(H2,10,12). The quantitative estimate of drug-likeness (QED) is 0.477. The molecule has 0 radical (unpaired) electrons. The molecule has 1 amide bonds. The Kier molecular flexibility index (Phi) is 5.15. The normalized spacial score (nSPS) is 11.1. The summed E-state index contributed by atoms with van der Waals surface area (Å²) in [7, 11) is 0. The van der Waals surface area contributed by atoms with Crippen molar-refractivity contribution in [2.75, 3.05) is 13.1 Å². The summed E-state index contributed by atoms with van der Waals surface area (Å²) in [5.41, 5.74) is 4.45. The predicted molar refractivity (Wildman–Crippen MR) is 52.5 cm³/mol. The summed E-state index contributed by atoms with van der Waals surface area (Å²) in [4.78, 5) is 21.4. The van der Waals surface area contributed by atoms with Gasteiger partial charge in [0.1, 0.15) is 5.60 Å². The molecule has 0 heterocycles. The van der Waals surface area contributed by atoms with Gasteiger partial charge in [-0.2, -0.15) is 0 Å². The first-order valence-corrected chi connectivity index (χ1v) is 4.52. The van der Waals surface area contributed by atoms with Gasteiger partial charge in [-0.05, 0) is 20.8 Å². The minimum absolute atomic E-state index is 0.102. The van der Waals surface area contributed by atoms with Crippen molar-refractivity contribution in [3.8, 4) is 0 Å². The SMILES string of the molecule is CC(C)(C)OC(=O)CNCCC(N)=O. The lowest BCUT2D eigenvalue weighted by Gasteiger charge is -2.19. The predicted octanol–water partition coefficient (Wildman–Crippen LogP) is -0.207. The number of primary amides is 1. The minimum atomic E-state index is -0.470. The number of ether oxygens (including phenoxy) is 1. The highest BCUT2D eigenvalue weighted by molar-refractivity contribution is 5.74. The lowest BCUT2D eigenvalue weighted by Crippen LogP contribution is -2.32. The maximum Gasteiger partial charge on any atom is 0.320 e. The summed E-state index contributed by atoms with van der Waals surface area (Å²) in [6, 6.07) is 0. The molecule has 0 aromatic heterocycles. The second-order valence-electron chi connectivity index (χ2n) is 3.98. The van der Waals surface area contributed by atoms with Crippen molar-refractivity contribution in [3.05, 3.63) is 0 Å². The molecule has 0 aromatic rings. The van der Waals surface area contributed by atoms with E-state index in [-0.39, 0.29) is 24.8 Å². The Balaban J connectivity index is 3.50. The van der Waals surface area contributed by atoms with Crippen molar-refractivity contribution in [2.24, 2.45) is 5.73 Å². The van der Waals surface area contributed by atoms with Crippen LogP contribution in [0.3, 0.4) is 0 Å². The molecule has 14 heavy (non-hydrogen) atoms. The van der Waals surface area contributed by atoms with Crippen LogP contribution in [0.25, 0.3) is 0 Å². The van der Waals surface area contributed by atoms with Crippen LogP contribution in [0.2, 0.25) is 0 Å². The van der Waals surface area contributed by atoms with E-state index in [0.717, 1.165) is 0 Å². The number of nitrogens with two attached hydrogens (primary N) is 1. The van der Waals surface area contributed by atoms with Gasteiger partial charge >= 0.3 is 5.97 Å². The lowest BCUT2D eigenvalue weighted by atomic mass is 10.2. The third-order valence-electron chi connectivity index (χ3n) is 1.24. The topological polar surface area (TPSA) is 81.4 Å². The summed E-state index contributed by atoms with van der Waals surface area (Å²) >= 11 is 0. The Labute approximate surface area is 84.0 Å². The van der Waals surface area contributed by atoms with E-state index in [1.165, 1.54) is 0 Å². The number of hydrogen-bond acceptors (Lipinski definition) is 4. The largest absolute Gasteiger partial charge is 0.459 e. The first-order chi connectivity index (χ1) is 6.31. The first kappa shape index (κ1) is 12.9. The van der Waals surface area contributed by atoms with Crippen LogP contribution in [0.15, 0.2) is 0 Å². The van der Waals surface area contributed by atoms with Crippen LogP contribution in [0.4, 0.5) is 0 Å². The second-order valence-corrected chi connectivity index (χ2v) is 3.98. The van der Waals surface area contributed by atoms with Crippen LogP contribution in [-0.2, 0) is 14.3 Å². The van der Waals surface area contributed by atoms with Gasteiger partial charge in [0, 0.05) is 13.0 Å². The zero-order valence-electron chi connectivity index (χ0n) is 8.92. The molecule has 82 valence electrons. The smallest absolute Gasteiger partial charge is 0.320 e. The first-order valence-electron chi connectivity index (χ1n) is 4.52. The van der Waals surface area contributed by atoms with Crippen LogP contribution in [0.1, 0.15) is 27.2 Å². The van der Waals surface area contributed by atoms with Crippen LogP contribution < -0.4 is 11.1 Å². The van der Waals surface area contributed by atoms with Crippen molar-refractivity contribution < 1.29 is 14.3 Å². The average Bonchev–Trinajstić information content (AvgIpc) is 1.94. The Morgan fingerprint density at radius 1 is 1.36 bits per heavy atom. The number of hydrogen-bond donors (Lipinski definition) is 2. The number of carbonyl (C=O) groups excluding carboxylic acids is 2. The molecule has 0 rings (SSSR count). The molecule has 0 aliphatic heterocycles. The Morgan fingerprint density at radius 2 is 1.93 bits per heavy atom. The number of carbonyl (C=O) groups is 2. The van der Waals surface area contributed by atoms with E-state index in [1.54, 1.807) is 20.8 Å². The van der Waals surface area contributed by atoms with Gasteiger partial charge in [0.15, 0.2) is 0 Å². The highest BCUT2D eigenvalue weighted by atomic mass is 16.6. The van der Waals surface area contributed by atoms with E-state index in [2.05, 4.69) is 5.32 Å². The van der Waals surface area contributed by atoms with Crippen molar-refractivity contribution in [1.29, 1.82) is 0 Å². The summed E-state index contributed by atoms with van der Waals surface area (Å²) in [5, 5.41) is 2.76. The molecule has 0 aliphatic rings. The molecule has 0 saturated heterocycles. The van der Waals surface area contributed by atoms with Gasteiger partial charge in [0.2, 0.25) is 5.91 Å². The number of esters is 1. The van der Waals surface area contributed by atoms with E-state index in [9.17, 15) is 9.59 Å². The fraction of sp³-hybridized carbons (Fsp3) is 0.778. The number of amides is 1. The van der Waals surface area contributed by atoms with E-state index < -0.39 is 5.60 Å². The molecular weight excluding hydrogens is 184 g/mol. The van der Waals surface area contributed by atoms with Gasteiger partial charge < -0.3 is 15.8 Å². The van der Waals surface area contributed by atoms with Gasteiger partial charge in [-0.15, -0.1) is 0 Å². The molecule has 5 nitrogen and oxygen atoms in total. The van der Waals surface area contributed by atoms with Gasteiger partial charge in [-0.3, -0.25) is 9.59 Å². The van der Waals surface area contributed by atoms with Crippen LogP contribution in [0, 0.1) is 0 Å². The molecule has 3 N–H and O–H groups in total. The third kappa shape index (κ3) is 8.99. The molecule has 0 spiro atoms. The lowest BCUT2D eigenvalue weighted by molar-refractivity contribution is -0.153. The molecule has 0 aliphatic carbocycles. The molecule has 5 heteroatoms. The van der Waals surface area contributed by atoms with E-state index in [1.807, 2.05) is 0 Å².